The fourth-order valence-corrected chi connectivity index (χ4v) is 2.59. The molecule has 1 aliphatic heterocycles. The van der Waals surface area contributed by atoms with E-state index in [4.69, 9.17) is 0 Å². The quantitative estimate of drug-likeness (QED) is 0.694. The fraction of sp³-hybridized carbons (Fsp3) is 0.786. The molecular formula is C14H25N2+. The van der Waals surface area contributed by atoms with Crippen molar-refractivity contribution >= 4 is 5.84 Å². The van der Waals surface area contributed by atoms with Crippen LogP contribution in [0.25, 0.3) is 0 Å². The van der Waals surface area contributed by atoms with E-state index in [1.807, 2.05) is 0 Å². The molecule has 2 heteroatoms. The molecule has 2 rings (SSSR count). The van der Waals surface area contributed by atoms with Crippen LogP contribution in [0.2, 0.25) is 0 Å². The van der Waals surface area contributed by atoms with E-state index in [-0.39, 0.29) is 0 Å². The predicted molar refractivity (Wildman–Crippen MR) is 68.5 cm³/mol. The molecule has 0 saturated heterocycles. The third-order valence-corrected chi connectivity index (χ3v) is 3.61. The molecule has 16 heavy (non-hydrogen) atoms. The third-order valence-electron chi connectivity index (χ3n) is 3.61. The van der Waals surface area contributed by atoms with E-state index in [1.54, 1.807) is 5.57 Å². The van der Waals surface area contributed by atoms with Gasteiger partial charge in [0.05, 0.1) is 13.1 Å². The molecule has 0 unspecified atom stereocenters. The van der Waals surface area contributed by atoms with Gasteiger partial charge in [-0.2, -0.15) is 0 Å². The van der Waals surface area contributed by atoms with Crippen LogP contribution in [0.1, 0.15) is 57.8 Å². The van der Waals surface area contributed by atoms with Crippen molar-refractivity contribution in [3.63, 3.8) is 0 Å². The van der Waals surface area contributed by atoms with Gasteiger partial charge in [0.2, 0.25) is 5.84 Å². The molecular weight excluding hydrogens is 196 g/mol. The van der Waals surface area contributed by atoms with Crippen LogP contribution in [0.4, 0.5) is 0 Å². The smallest absolute Gasteiger partial charge is 0.242 e. The van der Waals surface area contributed by atoms with Gasteiger partial charge in [0.15, 0.2) is 0 Å². The summed E-state index contributed by atoms with van der Waals surface area (Å²) in [5.41, 5.74) is 1.67. The molecule has 2 nitrogen and oxygen atoms in total. The highest BCUT2D eigenvalue weighted by Crippen LogP contribution is 2.19. The second-order valence-electron chi connectivity index (χ2n) is 5.00. The maximum absolute atomic E-state index is 3.57. The van der Waals surface area contributed by atoms with Crippen LogP contribution in [-0.2, 0) is 0 Å². The summed E-state index contributed by atoms with van der Waals surface area (Å²) < 4.78 is 0. The van der Waals surface area contributed by atoms with Gasteiger partial charge in [-0.05, 0) is 44.9 Å². The number of amidine groups is 1. The molecule has 0 aromatic heterocycles. The highest BCUT2D eigenvalue weighted by molar-refractivity contribution is 5.76. The molecule has 0 amide bonds. The second-order valence-corrected chi connectivity index (χ2v) is 5.00. The summed E-state index contributed by atoms with van der Waals surface area (Å²) >= 11 is 0. The molecule has 0 bridgehead atoms. The summed E-state index contributed by atoms with van der Waals surface area (Å²) in [6.45, 7) is 2.28. The molecule has 90 valence electrons. The average molecular weight is 221 g/mol. The lowest BCUT2D eigenvalue weighted by molar-refractivity contribution is -0.459. The molecule has 0 fully saturated rings. The third kappa shape index (κ3) is 3.99. The van der Waals surface area contributed by atoms with Crippen molar-refractivity contribution in [3.05, 3.63) is 11.6 Å². The van der Waals surface area contributed by atoms with Crippen LogP contribution >= 0.6 is 0 Å². The Hall–Kier alpha value is -0.790. The number of hydrogen-bond donors (Lipinski definition) is 2. The lowest BCUT2D eigenvalue weighted by atomic mass is 9.97. The van der Waals surface area contributed by atoms with E-state index in [2.05, 4.69) is 16.4 Å². The first-order chi connectivity index (χ1) is 7.95. The monoisotopic (exact) mass is 221 g/mol. The van der Waals surface area contributed by atoms with Gasteiger partial charge in [-0.25, -0.2) is 0 Å². The Balaban J connectivity index is 1.66. The molecule has 0 atom stereocenters. The highest BCUT2D eigenvalue weighted by Gasteiger charge is 2.10. The predicted octanol–water partition coefficient (Wildman–Crippen LogP) is 1.52. The van der Waals surface area contributed by atoms with Crippen molar-refractivity contribution in [2.24, 2.45) is 0 Å². The first-order valence-electron chi connectivity index (χ1n) is 6.96. The molecule has 0 aromatic carbocycles. The number of allylic oxidation sites excluding steroid dienone is 1. The van der Waals surface area contributed by atoms with Gasteiger partial charge in [-0.1, -0.05) is 11.6 Å². The Morgan fingerprint density at radius 3 is 2.88 bits per heavy atom. The van der Waals surface area contributed by atoms with Crippen LogP contribution in [0, 0.1) is 0 Å². The van der Waals surface area contributed by atoms with E-state index in [0.717, 1.165) is 13.1 Å². The van der Waals surface area contributed by atoms with Crippen LogP contribution in [0.15, 0.2) is 11.6 Å². The van der Waals surface area contributed by atoms with Gasteiger partial charge in [0, 0.05) is 12.8 Å². The number of rotatable bonds is 3. The molecule has 1 aliphatic carbocycles. The fourth-order valence-electron chi connectivity index (χ4n) is 2.59. The molecule has 0 saturated carbocycles. The summed E-state index contributed by atoms with van der Waals surface area (Å²) in [5, 5.41) is 3.57. The summed E-state index contributed by atoms with van der Waals surface area (Å²) in [7, 11) is 0. The minimum atomic E-state index is 1.12. The minimum Gasteiger partial charge on any atom is -0.279 e. The first-order valence-corrected chi connectivity index (χ1v) is 6.96. The van der Waals surface area contributed by atoms with Gasteiger partial charge < -0.3 is 0 Å². The first kappa shape index (κ1) is 11.7. The zero-order chi connectivity index (χ0) is 11.1. The number of nitrogens with one attached hydrogen (secondary N) is 2. The van der Waals surface area contributed by atoms with E-state index in [9.17, 15) is 0 Å². The maximum atomic E-state index is 3.57. The molecule has 0 spiro atoms. The van der Waals surface area contributed by atoms with Crippen molar-refractivity contribution in [2.45, 2.75) is 57.8 Å². The SMILES string of the molecule is C1=C(CCNC2=[NH+]CCCCC2)CCCC1. The van der Waals surface area contributed by atoms with E-state index >= 15 is 0 Å². The highest BCUT2D eigenvalue weighted by atomic mass is 15.0. The van der Waals surface area contributed by atoms with Crippen LogP contribution in [-0.4, -0.2) is 18.9 Å². The average Bonchev–Trinajstić information content (AvgIpc) is 2.59. The Morgan fingerprint density at radius 1 is 1.06 bits per heavy atom. The Kier molecular flexibility index (Phi) is 4.91. The Bertz CT molecular complexity index is 266. The minimum absolute atomic E-state index is 1.12. The summed E-state index contributed by atoms with van der Waals surface area (Å²) in [6.07, 6.45) is 14.4. The van der Waals surface area contributed by atoms with Crippen molar-refractivity contribution in [3.8, 4) is 0 Å². The van der Waals surface area contributed by atoms with Crippen molar-refractivity contribution < 1.29 is 4.99 Å². The number of hydrogen-bond acceptors (Lipinski definition) is 1. The normalized spacial score (nSPS) is 22.0. The standard InChI is InChI=1S/C14H24N2/c1-3-7-13(8-4-1)10-12-16-14-9-5-2-6-11-15-14/h7H,1-6,8-12H2,(H,15,16)/p+1. The summed E-state index contributed by atoms with van der Waals surface area (Å²) in [5.74, 6) is 1.38. The largest absolute Gasteiger partial charge is 0.279 e. The van der Waals surface area contributed by atoms with Crippen LogP contribution < -0.4 is 10.3 Å². The van der Waals surface area contributed by atoms with Crippen molar-refractivity contribution in [1.82, 2.24) is 5.32 Å². The van der Waals surface area contributed by atoms with E-state index in [0.29, 0.717) is 0 Å². The Labute approximate surface area is 99.2 Å². The Morgan fingerprint density at radius 2 is 2.00 bits per heavy atom. The second kappa shape index (κ2) is 6.72. The van der Waals surface area contributed by atoms with E-state index < -0.39 is 0 Å². The molecule has 2 N–H and O–H groups in total. The molecule has 0 aromatic rings. The molecule has 0 radical (unpaired) electrons. The molecule has 2 aliphatic rings. The van der Waals surface area contributed by atoms with Gasteiger partial charge in [-0.15, -0.1) is 0 Å². The van der Waals surface area contributed by atoms with E-state index in [1.165, 1.54) is 63.6 Å². The topological polar surface area (TPSA) is 26.0 Å². The maximum Gasteiger partial charge on any atom is 0.242 e. The van der Waals surface area contributed by atoms with Crippen molar-refractivity contribution in [1.29, 1.82) is 0 Å². The van der Waals surface area contributed by atoms with Crippen LogP contribution in [0.5, 0.6) is 0 Å². The van der Waals surface area contributed by atoms with Gasteiger partial charge >= 0.3 is 0 Å². The van der Waals surface area contributed by atoms with Gasteiger partial charge in [0.1, 0.15) is 0 Å². The molecule has 1 heterocycles. The zero-order valence-electron chi connectivity index (χ0n) is 10.4. The summed E-state index contributed by atoms with van der Waals surface area (Å²) in [6, 6.07) is 0. The van der Waals surface area contributed by atoms with Crippen LogP contribution in [0.3, 0.4) is 0 Å². The summed E-state index contributed by atoms with van der Waals surface area (Å²) in [4.78, 5) is 3.51. The lowest BCUT2D eigenvalue weighted by Crippen LogP contribution is -2.75. The lowest BCUT2D eigenvalue weighted by Gasteiger charge is -2.11. The van der Waals surface area contributed by atoms with Gasteiger partial charge in [0.25, 0.3) is 0 Å². The van der Waals surface area contributed by atoms with Gasteiger partial charge in [-0.3, -0.25) is 10.3 Å². The zero-order valence-corrected chi connectivity index (χ0v) is 10.4. The van der Waals surface area contributed by atoms with Crippen molar-refractivity contribution in [2.75, 3.05) is 13.1 Å².